The molecule has 0 aliphatic rings. The maximum Gasteiger partial charge on any atom is 0.346 e. The monoisotopic (exact) mass is 200 g/mol. The molecule has 0 saturated carbocycles. The molecule has 5 heteroatoms. The van der Waals surface area contributed by atoms with Crippen molar-refractivity contribution in [3.05, 3.63) is 12.2 Å². The average molecular weight is 200 g/mol. The van der Waals surface area contributed by atoms with E-state index in [2.05, 4.69) is 9.47 Å². The number of hydrogen-bond acceptors (Lipinski definition) is 5. The summed E-state index contributed by atoms with van der Waals surface area (Å²) in [5.41, 5.74) is 0. The molecule has 0 saturated heterocycles. The van der Waals surface area contributed by atoms with Crippen LogP contribution in [0.3, 0.4) is 0 Å². The zero-order valence-electron chi connectivity index (χ0n) is 8.27. The summed E-state index contributed by atoms with van der Waals surface area (Å²) in [4.78, 5) is 32.1. The van der Waals surface area contributed by atoms with E-state index in [0.29, 0.717) is 0 Å². The van der Waals surface area contributed by atoms with Crippen LogP contribution in [0.15, 0.2) is 12.2 Å². The SMILES string of the molecule is COC(=O)[C@H](C)OC(=O)/C=C/C(C)=O. The summed E-state index contributed by atoms with van der Waals surface area (Å²) in [6, 6.07) is 0. The van der Waals surface area contributed by atoms with Gasteiger partial charge in [0.05, 0.1) is 7.11 Å². The summed E-state index contributed by atoms with van der Waals surface area (Å²) in [5, 5.41) is 0. The Morgan fingerprint density at radius 2 is 1.79 bits per heavy atom. The molecule has 0 aromatic rings. The van der Waals surface area contributed by atoms with E-state index in [0.717, 1.165) is 12.2 Å². The van der Waals surface area contributed by atoms with Crippen LogP contribution in [-0.4, -0.2) is 30.9 Å². The number of methoxy groups -OCH3 is 1. The third-order valence-corrected chi connectivity index (χ3v) is 1.28. The van der Waals surface area contributed by atoms with Gasteiger partial charge in [-0.3, -0.25) is 4.79 Å². The van der Waals surface area contributed by atoms with Crippen molar-refractivity contribution in [2.45, 2.75) is 20.0 Å². The van der Waals surface area contributed by atoms with Crippen molar-refractivity contribution in [1.82, 2.24) is 0 Å². The van der Waals surface area contributed by atoms with Crippen molar-refractivity contribution in [1.29, 1.82) is 0 Å². The molecule has 1 atom stereocenters. The molecule has 0 amide bonds. The van der Waals surface area contributed by atoms with Gasteiger partial charge in [0.25, 0.3) is 0 Å². The van der Waals surface area contributed by atoms with Crippen molar-refractivity contribution in [3.63, 3.8) is 0 Å². The number of carbonyl (C=O) groups is 3. The summed E-state index contributed by atoms with van der Waals surface area (Å²) in [7, 11) is 1.19. The summed E-state index contributed by atoms with van der Waals surface area (Å²) in [6.07, 6.45) is 1.05. The Bertz CT molecular complexity index is 266. The Kier molecular flexibility index (Phi) is 5.21. The van der Waals surface area contributed by atoms with Gasteiger partial charge in [-0.25, -0.2) is 9.59 Å². The number of ketones is 1. The minimum absolute atomic E-state index is 0.271. The molecule has 0 aliphatic heterocycles. The molecule has 0 heterocycles. The number of esters is 2. The number of allylic oxidation sites excluding steroid dienone is 1. The fourth-order valence-corrected chi connectivity index (χ4v) is 0.613. The number of rotatable bonds is 4. The molecule has 14 heavy (non-hydrogen) atoms. The van der Waals surface area contributed by atoms with E-state index in [1.807, 2.05) is 0 Å². The highest BCUT2D eigenvalue weighted by Crippen LogP contribution is 1.95. The first-order valence-electron chi connectivity index (χ1n) is 3.94. The van der Waals surface area contributed by atoms with Crippen molar-refractivity contribution < 1.29 is 23.9 Å². The van der Waals surface area contributed by atoms with Crippen LogP contribution in [0.2, 0.25) is 0 Å². The van der Waals surface area contributed by atoms with Crippen LogP contribution in [0.25, 0.3) is 0 Å². The smallest absolute Gasteiger partial charge is 0.346 e. The van der Waals surface area contributed by atoms with Gasteiger partial charge in [0, 0.05) is 6.08 Å². The zero-order valence-corrected chi connectivity index (χ0v) is 8.27. The van der Waals surface area contributed by atoms with Crippen molar-refractivity contribution >= 4 is 17.7 Å². The van der Waals surface area contributed by atoms with Gasteiger partial charge in [-0.05, 0) is 19.9 Å². The van der Waals surface area contributed by atoms with Crippen LogP contribution in [-0.2, 0) is 23.9 Å². The van der Waals surface area contributed by atoms with Crippen molar-refractivity contribution in [2.75, 3.05) is 7.11 Å². The van der Waals surface area contributed by atoms with Crippen LogP contribution in [0.4, 0.5) is 0 Å². The van der Waals surface area contributed by atoms with Crippen molar-refractivity contribution in [2.24, 2.45) is 0 Å². The van der Waals surface area contributed by atoms with Gasteiger partial charge in [0.1, 0.15) is 0 Å². The highest BCUT2D eigenvalue weighted by atomic mass is 16.6. The predicted octanol–water partition coefficient (Wildman–Crippen LogP) is 0.236. The highest BCUT2D eigenvalue weighted by molar-refractivity contribution is 5.95. The first-order chi connectivity index (χ1) is 6.47. The first-order valence-corrected chi connectivity index (χ1v) is 3.94. The molecule has 0 aromatic carbocycles. The highest BCUT2D eigenvalue weighted by Gasteiger charge is 2.16. The van der Waals surface area contributed by atoms with E-state index in [-0.39, 0.29) is 5.78 Å². The van der Waals surface area contributed by atoms with E-state index in [9.17, 15) is 14.4 Å². The Balaban J connectivity index is 4.07. The van der Waals surface area contributed by atoms with Crippen molar-refractivity contribution in [3.8, 4) is 0 Å². The number of ether oxygens (including phenoxy) is 2. The molecule has 0 aromatic heterocycles. The summed E-state index contributed by atoms with van der Waals surface area (Å²) < 4.78 is 8.93. The van der Waals surface area contributed by atoms with Crippen LogP contribution in [0, 0.1) is 0 Å². The largest absolute Gasteiger partial charge is 0.466 e. The fourth-order valence-electron chi connectivity index (χ4n) is 0.613. The van der Waals surface area contributed by atoms with Gasteiger partial charge < -0.3 is 9.47 Å². The van der Waals surface area contributed by atoms with Gasteiger partial charge in [-0.1, -0.05) is 0 Å². The van der Waals surface area contributed by atoms with Gasteiger partial charge in [0.15, 0.2) is 11.9 Å². The molecule has 0 spiro atoms. The molecule has 0 N–H and O–H groups in total. The Morgan fingerprint density at radius 3 is 2.21 bits per heavy atom. The molecule has 0 bridgehead atoms. The van der Waals surface area contributed by atoms with E-state index in [4.69, 9.17) is 0 Å². The Labute approximate surface area is 81.7 Å². The molecule has 0 radical (unpaired) electrons. The molecule has 5 nitrogen and oxygen atoms in total. The number of carbonyl (C=O) groups excluding carboxylic acids is 3. The molecule has 0 rings (SSSR count). The average Bonchev–Trinajstić information content (AvgIpc) is 2.13. The molecule has 0 fully saturated rings. The predicted molar refractivity (Wildman–Crippen MR) is 47.4 cm³/mol. The second-order valence-corrected chi connectivity index (χ2v) is 2.55. The maximum absolute atomic E-state index is 10.9. The minimum atomic E-state index is -0.968. The Hall–Kier alpha value is -1.65. The van der Waals surface area contributed by atoms with Gasteiger partial charge in [-0.2, -0.15) is 0 Å². The fraction of sp³-hybridized carbons (Fsp3) is 0.444. The molecule has 78 valence electrons. The van der Waals surface area contributed by atoms with Crippen LogP contribution >= 0.6 is 0 Å². The van der Waals surface area contributed by atoms with E-state index in [1.54, 1.807) is 0 Å². The number of hydrogen-bond donors (Lipinski definition) is 0. The Morgan fingerprint density at radius 1 is 1.21 bits per heavy atom. The lowest BCUT2D eigenvalue weighted by molar-refractivity contribution is -0.161. The first kappa shape index (κ1) is 12.3. The van der Waals surface area contributed by atoms with Gasteiger partial charge in [-0.15, -0.1) is 0 Å². The standard InChI is InChI=1S/C9H12O5/c1-6(10)4-5-8(11)14-7(2)9(12)13-3/h4-5,7H,1-3H3/b5-4+/t7-/m0/s1. The third-order valence-electron chi connectivity index (χ3n) is 1.28. The second kappa shape index (κ2) is 5.90. The summed E-state index contributed by atoms with van der Waals surface area (Å²) in [6.45, 7) is 2.68. The molecule has 0 unspecified atom stereocenters. The minimum Gasteiger partial charge on any atom is -0.466 e. The van der Waals surface area contributed by atoms with Gasteiger partial charge in [0.2, 0.25) is 0 Å². The van der Waals surface area contributed by atoms with Crippen LogP contribution in [0.1, 0.15) is 13.8 Å². The lowest BCUT2D eigenvalue weighted by Crippen LogP contribution is -2.24. The van der Waals surface area contributed by atoms with Crippen LogP contribution < -0.4 is 0 Å². The summed E-state index contributed by atoms with van der Waals surface area (Å²) in [5.74, 6) is -1.67. The van der Waals surface area contributed by atoms with Crippen LogP contribution in [0.5, 0.6) is 0 Å². The lowest BCUT2D eigenvalue weighted by Gasteiger charge is -2.08. The normalized spacial score (nSPS) is 12.2. The zero-order chi connectivity index (χ0) is 11.1. The van der Waals surface area contributed by atoms with E-state index < -0.39 is 18.0 Å². The second-order valence-electron chi connectivity index (χ2n) is 2.55. The van der Waals surface area contributed by atoms with Gasteiger partial charge >= 0.3 is 11.9 Å². The molecular weight excluding hydrogens is 188 g/mol. The quantitative estimate of drug-likeness (QED) is 0.480. The third kappa shape index (κ3) is 5.08. The topological polar surface area (TPSA) is 69.7 Å². The molecular formula is C9H12O5. The summed E-state index contributed by atoms with van der Waals surface area (Å²) >= 11 is 0. The maximum atomic E-state index is 10.9. The van der Waals surface area contributed by atoms with E-state index >= 15 is 0 Å². The lowest BCUT2D eigenvalue weighted by atomic mass is 10.4. The molecule has 0 aliphatic carbocycles. The van der Waals surface area contributed by atoms with E-state index in [1.165, 1.54) is 21.0 Å².